The molecule has 0 aliphatic carbocycles. The quantitative estimate of drug-likeness (QED) is 0.561. The van der Waals surface area contributed by atoms with E-state index in [9.17, 15) is 5.11 Å². The summed E-state index contributed by atoms with van der Waals surface area (Å²) < 4.78 is 5.36. The zero-order valence-electron chi connectivity index (χ0n) is 11.0. The lowest BCUT2D eigenvalue weighted by atomic mass is 10.2. The van der Waals surface area contributed by atoms with Gasteiger partial charge >= 0.3 is 0 Å². The predicted molar refractivity (Wildman–Crippen MR) is 76.4 cm³/mol. The molecule has 102 valence electrons. The van der Waals surface area contributed by atoms with Crippen molar-refractivity contribution in [2.45, 2.75) is 44.8 Å². The molecule has 4 heteroatoms. The van der Waals surface area contributed by atoms with Crippen LogP contribution in [0.1, 0.15) is 33.1 Å². The summed E-state index contributed by atoms with van der Waals surface area (Å²) in [6, 6.07) is 7.60. The molecule has 3 nitrogen and oxygen atoms in total. The lowest BCUT2D eigenvalue weighted by molar-refractivity contribution is 0.0972. The molecule has 0 saturated carbocycles. The number of alkyl halides is 1. The third-order valence-corrected chi connectivity index (χ3v) is 3.05. The zero-order valence-corrected chi connectivity index (χ0v) is 11.8. The second kappa shape index (κ2) is 8.22. The van der Waals surface area contributed by atoms with Crippen molar-refractivity contribution in [2.75, 3.05) is 11.9 Å². The second-order valence-electron chi connectivity index (χ2n) is 4.37. The minimum atomic E-state index is -0.714. The van der Waals surface area contributed by atoms with Crippen LogP contribution in [0.2, 0.25) is 0 Å². The van der Waals surface area contributed by atoms with Crippen LogP contribution in [0.4, 0.5) is 5.69 Å². The molecule has 0 spiro atoms. The highest BCUT2D eigenvalue weighted by Crippen LogP contribution is 2.19. The van der Waals surface area contributed by atoms with Gasteiger partial charge in [0, 0.05) is 12.2 Å². The Morgan fingerprint density at radius 1 is 1.28 bits per heavy atom. The fraction of sp³-hybridized carbons (Fsp3) is 0.571. The molecule has 0 saturated heterocycles. The van der Waals surface area contributed by atoms with E-state index in [2.05, 4.69) is 12.2 Å². The Morgan fingerprint density at radius 2 is 1.94 bits per heavy atom. The van der Waals surface area contributed by atoms with Crippen molar-refractivity contribution >= 4 is 17.3 Å². The van der Waals surface area contributed by atoms with Gasteiger partial charge in [-0.05, 0) is 37.6 Å². The Bertz CT molecular complexity index is 327. The molecule has 0 aliphatic rings. The van der Waals surface area contributed by atoms with E-state index < -0.39 is 11.7 Å². The summed E-state index contributed by atoms with van der Waals surface area (Å²) in [4.78, 5) is 0. The summed E-state index contributed by atoms with van der Waals surface area (Å²) in [5.74, 6) is 0.662. The largest absolute Gasteiger partial charge is 0.472 e. The molecule has 1 rings (SSSR count). The molecule has 0 heterocycles. The summed E-state index contributed by atoms with van der Waals surface area (Å²) in [6.07, 6.45) is 2.96. The van der Waals surface area contributed by atoms with Crippen molar-refractivity contribution in [2.24, 2.45) is 0 Å². The number of nitrogens with one attached hydrogen (secondary N) is 1. The maximum absolute atomic E-state index is 9.23. The van der Waals surface area contributed by atoms with E-state index >= 15 is 0 Å². The number of halogens is 1. The van der Waals surface area contributed by atoms with Gasteiger partial charge in [-0.3, -0.25) is 0 Å². The van der Waals surface area contributed by atoms with Crippen LogP contribution in [0.15, 0.2) is 24.3 Å². The first kappa shape index (κ1) is 15.1. The molecule has 0 fully saturated rings. The number of rotatable bonds is 8. The number of anilines is 1. The van der Waals surface area contributed by atoms with Crippen LogP contribution in [0, 0.1) is 0 Å². The maximum atomic E-state index is 9.23. The molecule has 18 heavy (non-hydrogen) atoms. The third-order valence-electron chi connectivity index (χ3n) is 2.59. The van der Waals surface area contributed by atoms with Crippen molar-refractivity contribution < 1.29 is 9.84 Å². The first-order chi connectivity index (χ1) is 8.63. The molecule has 0 amide bonds. The van der Waals surface area contributed by atoms with Gasteiger partial charge in [0.15, 0.2) is 5.56 Å². The first-order valence-corrected chi connectivity index (χ1v) is 6.90. The number of aliphatic hydroxyl groups is 1. The van der Waals surface area contributed by atoms with Crippen LogP contribution < -0.4 is 10.1 Å². The van der Waals surface area contributed by atoms with E-state index in [-0.39, 0.29) is 0 Å². The summed E-state index contributed by atoms with van der Waals surface area (Å²) >= 11 is 5.82. The van der Waals surface area contributed by atoms with Crippen molar-refractivity contribution in [3.8, 4) is 5.75 Å². The highest BCUT2D eigenvalue weighted by Gasteiger charge is 2.12. The minimum absolute atomic E-state index is 0.662. The van der Waals surface area contributed by atoms with Gasteiger partial charge in [0.05, 0.1) is 0 Å². The Kier molecular flexibility index (Phi) is 6.91. The molecule has 0 bridgehead atoms. The van der Waals surface area contributed by atoms with Crippen molar-refractivity contribution in [3.05, 3.63) is 24.3 Å². The average molecular weight is 272 g/mol. The number of hydrogen-bond donors (Lipinski definition) is 2. The predicted octanol–water partition coefficient (Wildman–Crippen LogP) is 3.61. The van der Waals surface area contributed by atoms with Gasteiger partial charge in [-0.1, -0.05) is 31.4 Å². The van der Waals surface area contributed by atoms with Crippen molar-refractivity contribution in [1.82, 2.24) is 0 Å². The molecule has 0 radical (unpaired) electrons. The summed E-state index contributed by atoms with van der Waals surface area (Å²) in [7, 11) is 0. The van der Waals surface area contributed by atoms with Gasteiger partial charge in [0.1, 0.15) is 11.9 Å². The fourth-order valence-corrected chi connectivity index (χ4v) is 1.59. The van der Waals surface area contributed by atoms with Crippen LogP contribution in [0.25, 0.3) is 0 Å². The topological polar surface area (TPSA) is 41.5 Å². The van der Waals surface area contributed by atoms with Gasteiger partial charge in [-0.15, -0.1) is 0 Å². The SMILES string of the molecule is CCCCCNc1ccc(OC(Cl)C(C)O)cc1. The smallest absolute Gasteiger partial charge is 0.197 e. The van der Waals surface area contributed by atoms with Crippen LogP contribution in [0.5, 0.6) is 5.75 Å². The highest BCUT2D eigenvalue weighted by atomic mass is 35.5. The monoisotopic (exact) mass is 271 g/mol. The Hall–Kier alpha value is -0.930. The van der Waals surface area contributed by atoms with E-state index in [1.807, 2.05) is 24.3 Å². The standard InChI is InChI=1S/C14H22ClNO2/c1-3-4-5-10-16-12-6-8-13(9-7-12)18-14(15)11(2)17/h6-9,11,14,16-17H,3-5,10H2,1-2H3. The number of aliphatic hydroxyl groups excluding tert-OH is 1. The van der Waals surface area contributed by atoms with Crippen molar-refractivity contribution in [3.63, 3.8) is 0 Å². The Labute approximate surface area is 114 Å². The summed E-state index contributed by atoms with van der Waals surface area (Å²) in [5.41, 5.74) is 0.356. The van der Waals surface area contributed by atoms with Gasteiger partial charge in [-0.2, -0.15) is 0 Å². The van der Waals surface area contributed by atoms with Crippen LogP contribution in [-0.2, 0) is 0 Å². The van der Waals surface area contributed by atoms with E-state index in [1.165, 1.54) is 19.3 Å². The molecule has 0 aromatic heterocycles. The van der Waals surface area contributed by atoms with Gasteiger partial charge in [-0.25, -0.2) is 0 Å². The number of benzene rings is 1. The molecule has 1 aromatic carbocycles. The van der Waals surface area contributed by atoms with Gasteiger partial charge < -0.3 is 15.2 Å². The van der Waals surface area contributed by atoms with Gasteiger partial charge in [0.2, 0.25) is 0 Å². The first-order valence-electron chi connectivity index (χ1n) is 6.46. The van der Waals surface area contributed by atoms with E-state index in [0.29, 0.717) is 5.75 Å². The lowest BCUT2D eigenvalue weighted by Crippen LogP contribution is -2.22. The second-order valence-corrected chi connectivity index (χ2v) is 4.80. The molecular formula is C14H22ClNO2. The normalized spacial score (nSPS) is 14.0. The van der Waals surface area contributed by atoms with Gasteiger partial charge in [0.25, 0.3) is 0 Å². The summed E-state index contributed by atoms with van der Waals surface area (Å²) in [5, 5.41) is 12.6. The van der Waals surface area contributed by atoms with E-state index in [1.54, 1.807) is 6.92 Å². The number of ether oxygens (including phenoxy) is 1. The minimum Gasteiger partial charge on any atom is -0.472 e. The van der Waals surface area contributed by atoms with Crippen LogP contribution in [0.3, 0.4) is 0 Å². The molecule has 1 aromatic rings. The summed E-state index contributed by atoms with van der Waals surface area (Å²) in [6.45, 7) is 4.78. The maximum Gasteiger partial charge on any atom is 0.197 e. The molecule has 2 N–H and O–H groups in total. The average Bonchev–Trinajstić information content (AvgIpc) is 2.36. The zero-order chi connectivity index (χ0) is 13.4. The van der Waals surface area contributed by atoms with E-state index in [4.69, 9.17) is 16.3 Å². The van der Waals surface area contributed by atoms with E-state index in [0.717, 1.165) is 12.2 Å². The van der Waals surface area contributed by atoms with Crippen molar-refractivity contribution in [1.29, 1.82) is 0 Å². The third kappa shape index (κ3) is 5.61. The molecular weight excluding hydrogens is 250 g/mol. The Morgan fingerprint density at radius 3 is 2.50 bits per heavy atom. The molecule has 2 atom stereocenters. The van der Waals surface area contributed by atoms with Crippen LogP contribution in [-0.4, -0.2) is 23.3 Å². The molecule has 2 unspecified atom stereocenters. The Balaban J connectivity index is 2.37. The van der Waals surface area contributed by atoms with Crippen LogP contribution >= 0.6 is 11.6 Å². The highest BCUT2D eigenvalue weighted by molar-refractivity contribution is 6.20. The number of unbranched alkanes of at least 4 members (excludes halogenated alkanes) is 2. The molecule has 0 aliphatic heterocycles. The fourth-order valence-electron chi connectivity index (χ4n) is 1.49. The lowest BCUT2D eigenvalue weighted by Gasteiger charge is -2.15. The number of hydrogen-bond acceptors (Lipinski definition) is 3.